The SMILES string of the molecule is CCCCOCCOCCNC(=NC)NCc1ccc(OCC(F)(F)F)nc1.I. The van der Waals surface area contributed by atoms with E-state index in [9.17, 15) is 13.2 Å². The minimum absolute atomic E-state index is 0. The lowest BCUT2D eigenvalue weighted by molar-refractivity contribution is -0.154. The van der Waals surface area contributed by atoms with Crippen molar-refractivity contribution in [2.75, 3.05) is 46.6 Å². The first-order valence-electron chi connectivity index (χ1n) is 9.19. The van der Waals surface area contributed by atoms with Crippen molar-refractivity contribution in [1.29, 1.82) is 0 Å². The monoisotopic (exact) mass is 534 g/mol. The summed E-state index contributed by atoms with van der Waals surface area (Å²) in [6.45, 7) is 4.17. The summed E-state index contributed by atoms with van der Waals surface area (Å²) >= 11 is 0. The molecule has 0 fully saturated rings. The van der Waals surface area contributed by atoms with Crippen molar-refractivity contribution >= 4 is 29.9 Å². The number of aromatic nitrogens is 1. The number of hydrogen-bond donors (Lipinski definition) is 2. The van der Waals surface area contributed by atoms with Crippen molar-refractivity contribution in [3.05, 3.63) is 23.9 Å². The maximum absolute atomic E-state index is 12.1. The fourth-order valence-electron chi connectivity index (χ4n) is 1.97. The number of ether oxygens (including phenoxy) is 3. The maximum Gasteiger partial charge on any atom is 0.422 e. The highest BCUT2D eigenvalue weighted by molar-refractivity contribution is 14.0. The second-order valence-electron chi connectivity index (χ2n) is 5.84. The Labute approximate surface area is 186 Å². The van der Waals surface area contributed by atoms with Gasteiger partial charge in [0.2, 0.25) is 5.88 Å². The molecule has 0 aromatic carbocycles. The molecule has 0 amide bonds. The maximum atomic E-state index is 12.1. The quantitative estimate of drug-likeness (QED) is 0.175. The Morgan fingerprint density at radius 1 is 1.10 bits per heavy atom. The summed E-state index contributed by atoms with van der Waals surface area (Å²) in [6, 6.07) is 3.04. The van der Waals surface area contributed by atoms with Crippen LogP contribution in [0.4, 0.5) is 13.2 Å². The van der Waals surface area contributed by atoms with E-state index in [4.69, 9.17) is 9.47 Å². The molecule has 0 aliphatic carbocycles. The lowest BCUT2D eigenvalue weighted by atomic mass is 10.3. The zero-order chi connectivity index (χ0) is 20.7. The van der Waals surface area contributed by atoms with Crippen LogP contribution in [0, 0.1) is 0 Å². The van der Waals surface area contributed by atoms with Gasteiger partial charge in [-0.25, -0.2) is 4.98 Å². The summed E-state index contributed by atoms with van der Waals surface area (Å²) < 4.78 is 51.7. The molecule has 0 unspecified atom stereocenters. The number of rotatable bonds is 13. The Hall–Kier alpha value is -1.34. The first-order chi connectivity index (χ1) is 13.4. The van der Waals surface area contributed by atoms with Gasteiger partial charge >= 0.3 is 6.18 Å². The molecule has 168 valence electrons. The lowest BCUT2D eigenvalue weighted by Gasteiger charge is -2.12. The van der Waals surface area contributed by atoms with Crippen molar-refractivity contribution in [1.82, 2.24) is 15.6 Å². The minimum atomic E-state index is -4.38. The summed E-state index contributed by atoms with van der Waals surface area (Å²) in [5.41, 5.74) is 0.780. The highest BCUT2D eigenvalue weighted by atomic mass is 127. The molecule has 0 saturated carbocycles. The first-order valence-corrected chi connectivity index (χ1v) is 9.19. The fourth-order valence-corrected chi connectivity index (χ4v) is 1.97. The standard InChI is InChI=1S/C18H29F3N4O3.HI/c1-3-4-8-26-10-11-27-9-7-23-17(22-2)25-13-15-5-6-16(24-12-15)28-14-18(19,20)21;/h5-6,12H,3-4,7-11,13-14H2,1-2H3,(H2,22,23,25);1H. The molecule has 0 radical (unpaired) electrons. The number of guanidine groups is 1. The van der Waals surface area contributed by atoms with Crippen LogP contribution >= 0.6 is 24.0 Å². The largest absolute Gasteiger partial charge is 0.468 e. The Morgan fingerprint density at radius 2 is 1.83 bits per heavy atom. The molecule has 7 nitrogen and oxygen atoms in total. The fraction of sp³-hybridized carbons (Fsp3) is 0.667. The molecule has 0 aliphatic heterocycles. The van der Waals surface area contributed by atoms with Crippen molar-refractivity contribution in [3.63, 3.8) is 0 Å². The van der Waals surface area contributed by atoms with Crippen LogP contribution in [0.2, 0.25) is 0 Å². The molecule has 0 atom stereocenters. The van der Waals surface area contributed by atoms with Gasteiger partial charge in [0, 0.05) is 39.0 Å². The third kappa shape index (κ3) is 15.2. The van der Waals surface area contributed by atoms with Gasteiger partial charge in [0.25, 0.3) is 0 Å². The van der Waals surface area contributed by atoms with E-state index in [1.165, 1.54) is 12.3 Å². The Kier molecular flexibility index (Phi) is 15.7. The summed E-state index contributed by atoms with van der Waals surface area (Å²) in [5.74, 6) is 0.514. The van der Waals surface area contributed by atoms with Crippen molar-refractivity contribution in [2.24, 2.45) is 4.99 Å². The number of nitrogens with zero attached hydrogens (tertiary/aromatic N) is 2. The third-order valence-corrected chi connectivity index (χ3v) is 3.42. The van der Waals surface area contributed by atoms with Crippen LogP contribution in [0.1, 0.15) is 25.3 Å². The van der Waals surface area contributed by atoms with Crippen molar-refractivity contribution in [3.8, 4) is 5.88 Å². The molecular formula is C18H30F3IN4O3. The molecule has 2 N–H and O–H groups in total. The zero-order valence-corrected chi connectivity index (χ0v) is 19.1. The van der Waals surface area contributed by atoms with E-state index in [2.05, 4.69) is 32.3 Å². The molecule has 0 aliphatic rings. The predicted molar refractivity (Wildman–Crippen MR) is 116 cm³/mol. The predicted octanol–water partition coefficient (Wildman–Crippen LogP) is 3.14. The third-order valence-electron chi connectivity index (χ3n) is 3.42. The first kappa shape index (κ1) is 27.7. The second-order valence-corrected chi connectivity index (χ2v) is 5.84. The summed E-state index contributed by atoms with van der Waals surface area (Å²) in [5, 5.41) is 6.19. The van der Waals surface area contributed by atoms with E-state index in [1.54, 1.807) is 13.1 Å². The molecule has 0 saturated heterocycles. The van der Waals surface area contributed by atoms with Crippen LogP contribution in [0.25, 0.3) is 0 Å². The molecular weight excluding hydrogens is 504 g/mol. The van der Waals surface area contributed by atoms with Crippen LogP contribution in [-0.2, 0) is 16.0 Å². The molecule has 1 aromatic rings. The van der Waals surface area contributed by atoms with Gasteiger partial charge in [-0.3, -0.25) is 4.99 Å². The van der Waals surface area contributed by atoms with Gasteiger partial charge in [-0.1, -0.05) is 19.4 Å². The van der Waals surface area contributed by atoms with Gasteiger partial charge < -0.3 is 24.8 Å². The number of alkyl halides is 3. The summed E-state index contributed by atoms with van der Waals surface area (Å²) in [6.07, 6.45) is -0.759. The van der Waals surface area contributed by atoms with Crippen molar-refractivity contribution in [2.45, 2.75) is 32.5 Å². The number of halogens is 4. The van der Waals surface area contributed by atoms with Gasteiger partial charge in [0.05, 0.1) is 19.8 Å². The van der Waals surface area contributed by atoms with Crippen LogP contribution in [0.15, 0.2) is 23.3 Å². The van der Waals surface area contributed by atoms with E-state index in [1.807, 2.05) is 0 Å². The van der Waals surface area contributed by atoms with E-state index in [-0.39, 0.29) is 29.9 Å². The normalized spacial score (nSPS) is 11.7. The molecule has 1 heterocycles. The molecule has 1 aromatic heterocycles. The van der Waals surface area contributed by atoms with E-state index < -0.39 is 12.8 Å². The van der Waals surface area contributed by atoms with Crippen LogP contribution in [0.5, 0.6) is 5.88 Å². The highest BCUT2D eigenvalue weighted by Gasteiger charge is 2.28. The molecule has 1 rings (SSSR count). The minimum Gasteiger partial charge on any atom is -0.468 e. The number of pyridine rings is 1. The highest BCUT2D eigenvalue weighted by Crippen LogP contribution is 2.16. The molecule has 0 spiro atoms. The topological polar surface area (TPSA) is 77.0 Å². The number of nitrogens with one attached hydrogen (secondary N) is 2. The number of unbranched alkanes of at least 4 members (excludes halogenated alkanes) is 1. The van der Waals surface area contributed by atoms with Gasteiger partial charge in [0.1, 0.15) is 0 Å². The van der Waals surface area contributed by atoms with E-state index >= 15 is 0 Å². The Bertz CT molecular complexity index is 560. The zero-order valence-electron chi connectivity index (χ0n) is 16.8. The Balaban J connectivity index is 0.00000784. The second kappa shape index (κ2) is 16.5. The average Bonchev–Trinajstić information content (AvgIpc) is 2.67. The number of hydrogen-bond acceptors (Lipinski definition) is 5. The van der Waals surface area contributed by atoms with Gasteiger partial charge in [-0.05, 0) is 12.0 Å². The van der Waals surface area contributed by atoms with Crippen LogP contribution in [0.3, 0.4) is 0 Å². The smallest absolute Gasteiger partial charge is 0.422 e. The van der Waals surface area contributed by atoms with Crippen molar-refractivity contribution < 1.29 is 27.4 Å². The Morgan fingerprint density at radius 3 is 2.41 bits per heavy atom. The van der Waals surface area contributed by atoms with E-state index in [0.29, 0.717) is 38.9 Å². The lowest BCUT2D eigenvalue weighted by Crippen LogP contribution is -2.38. The van der Waals surface area contributed by atoms with Gasteiger partial charge in [-0.2, -0.15) is 13.2 Å². The molecule has 0 bridgehead atoms. The van der Waals surface area contributed by atoms with Crippen LogP contribution in [-0.4, -0.2) is 63.7 Å². The summed E-state index contributed by atoms with van der Waals surface area (Å²) in [4.78, 5) is 7.94. The van der Waals surface area contributed by atoms with E-state index in [0.717, 1.165) is 25.0 Å². The number of aliphatic imine (C=N–C) groups is 1. The molecule has 11 heteroatoms. The average molecular weight is 534 g/mol. The van der Waals surface area contributed by atoms with Crippen LogP contribution < -0.4 is 15.4 Å². The molecule has 29 heavy (non-hydrogen) atoms. The van der Waals surface area contributed by atoms with Gasteiger partial charge in [-0.15, -0.1) is 24.0 Å². The summed E-state index contributed by atoms with van der Waals surface area (Å²) in [7, 11) is 1.64. The van der Waals surface area contributed by atoms with Gasteiger partial charge in [0.15, 0.2) is 12.6 Å².